The van der Waals surface area contributed by atoms with Crippen molar-refractivity contribution in [3.63, 3.8) is 0 Å². The van der Waals surface area contributed by atoms with E-state index in [1.54, 1.807) is 0 Å². The van der Waals surface area contributed by atoms with Crippen LogP contribution in [0.15, 0.2) is 97.1 Å². The number of nitrogens with zero attached hydrogens (tertiary/aromatic N) is 2. The summed E-state index contributed by atoms with van der Waals surface area (Å²) in [4.78, 5) is 19.6. The first-order valence-electron chi connectivity index (χ1n) is 10.5. The predicted octanol–water partition coefficient (Wildman–Crippen LogP) is 5.54. The highest BCUT2D eigenvalue weighted by Crippen LogP contribution is 2.29. The topological polar surface area (TPSA) is 42.4 Å². The van der Waals surface area contributed by atoms with Gasteiger partial charge in [-0.25, -0.2) is 0 Å². The van der Waals surface area contributed by atoms with E-state index in [2.05, 4.69) is 35.2 Å². The summed E-state index contributed by atoms with van der Waals surface area (Å²) in [6, 6.07) is 32.6. The summed E-state index contributed by atoms with van der Waals surface area (Å²) in [5.74, 6) is -0.244. The van der Waals surface area contributed by atoms with Gasteiger partial charge in [0.2, 0.25) is 0 Å². The van der Waals surface area contributed by atoms with Crippen LogP contribution < -0.4 is 0 Å². The van der Waals surface area contributed by atoms with Crippen molar-refractivity contribution >= 4 is 16.9 Å². The van der Waals surface area contributed by atoms with Crippen molar-refractivity contribution < 1.29 is 9.53 Å². The third-order valence-electron chi connectivity index (χ3n) is 5.45. The van der Waals surface area contributed by atoms with Gasteiger partial charge in [-0.1, -0.05) is 84.9 Å². The molecule has 3 aromatic carbocycles. The van der Waals surface area contributed by atoms with Crippen molar-refractivity contribution in [3.8, 4) is 0 Å². The SMILES string of the molecule is COC(=O)CC(c1ccc2ccccc2n1)N(Cc1ccccc1)Cc1ccccc1. The zero-order valence-electron chi connectivity index (χ0n) is 17.6. The molecule has 0 saturated heterocycles. The maximum absolute atomic E-state index is 12.4. The van der Waals surface area contributed by atoms with E-state index in [-0.39, 0.29) is 18.4 Å². The zero-order valence-corrected chi connectivity index (χ0v) is 17.6. The molecule has 4 rings (SSSR count). The van der Waals surface area contributed by atoms with Gasteiger partial charge in [-0.2, -0.15) is 0 Å². The first-order valence-corrected chi connectivity index (χ1v) is 10.5. The first kappa shape index (κ1) is 20.8. The quantitative estimate of drug-likeness (QED) is 0.358. The monoisotopic (exact) mass is 410 g/mol. The molecule has 0 fully saturated rings. The Hall–Kier alpha value is -3.50. The third-order valence-corrected chi connectivity index (χ3v) is 5.45. The maximum atomic E-state index is 12.4. The van der Waals surface area contributed by atoms with Crippen LogP contribution in [-0.2, 0) is 22.6 Å². The Balaban J connectivity index is 1.74. The van der Waals surface area contributed by atoms with Gasteiger partial charge in [0.1, 0.15) is 0 Å². The number of ether oxygens (including phenoxy) is 1. The lowest BCUT2D eigenvalue weighted by Gasteiger charge is -2.31. The average Bonchev–Trinajstić information content (AvgIpc) is 2.83. The highest BCUT2D eigenvalue weighted by Gasteiger charge is 2.26. The van der Waals surface area contributed by atoms with Gasteiger partial charge < -0.3 is 4.74 Å². The van der Waals surface area contributed by atoms with E-state index >= 15 is 0 Å². The number of methoxy groups -OCH3 is 1. The van der Waals surface area contributed by atoms with Crippen molar-refractivity contribution in [1.82, 2.24) is 9.88 Å². The van der Waals surface area contributed by atoms with E-state index in [1.165, 1.54) is 18.2 Å². The number of benzene rings is 3. The summed E-state index contributed by atoms with van der Waals surface area (Å²) in [7, 11) is 1.44. The second-order valence-electron chi connectivity index (χ2n) is 7.60. The summed E-state index contributed by atoms with van der Waals surface area (Å²) >= 11 is 0. The molecule has 4 nitrogen and oxygen atoms in total. The number of rotatable bonds is 8. The van der Waals surface area contributed by atoms with Crippen LogP contribution in [0, 0.1) is 0 Å². The Kier molecular flexibility index (Phi) is 6.70. The fourth-order valence-electron chi connectivity index (χ4n) is 3.84. The number of hydrogen-bond acceptors (Lipinski definition) is 4. The number of aromatic nitrogens is 1. The van der Waals surface area contributed by atoms with Crippen LogP contribution in [-0.4, -0.2) is 23.0 Å². The summed E-state index contributed by atoms with van der Waals surface area (Å²) < 4.78 is 5.05. The summed E-state index contributed by atoms with van der Waals surface area (Å²) in [6.45, 7) is 1.40. The molecule has 0 radical (unpaired) electrons. The Morgan fingerprint density at radius 2 is 1.39 bits per heavy atom. The number of carbonyl (C=O) groups excluding carboxylic acids is 1. The minimum atomic E-state index is -0.244. The summed E-state index contributed by atoms with van der Waals surface area (Å²) in [6.07, 6.45) is 0.238. The second kappa shape index (κ2) is 10.0. The molecule has 0 aliphatic rings. The van der Waals surface area contributed by atoms with E-state index in [1.807, 2.05) is 66.7 Å². The summed E-state index contributed by atoms with van der Waals surface area (Å²) in [5, 5.41) is 1.08. The second-order valence-corrected chi connectivity index (χ2v) is 7.60. The van der Waals surface area contributed by atoms with Gasteiger partial charge in [-0.3, -0.25) is 14.7 Å². The first-order chi connectivity index (χ1) is 15.2. The molecule has 1 heterocycles. The normalized spacial score (nSPS) is 12.1. The molecule has 4 aromatic rings. The standard InChI is InChI=1S/C27H26N2O2/c1-31-27(30)18-26(25-17-16-23-14-8-9-15-24(23)28-25)29(19-21-10-4-2-5-11-21)20-22-12-6-3-7-13-22/h2-17,26H,18-20H2,1H3. The minimum absolute atomic E-state index is 0.211. The van der Waals surface area contributed by atoms with Crippen molar-refractivity contribution in [2.75, 3.05) is 7.11 Å². The van der Waals surface area contributed by atoms with Gasteiger partial charge in [-0.15, -0.1) is 0 Å². The van der Waals surface area contributed by atoms with Crippen LogP contribution in [0.1, 0.15) is 29.3 Å². The van der Waals surface area contributed by atoms with Crippen molar-refractivity contribution in [1.29, 1.82) is 0 Å². The molecular formula is C27H26N2O2. The van der Waals surface area contributed by atoms with Crippen molar-refractivity contribution in [2.24, 2.45) is 0 Å². The Morgan fingerprint density at radius 3 is 2.00 bits per heavy atom. The molecule has 0 N–H and O–H groups in total. The number of carbonyl (C=O) groups is 1. The summed E-state index contributed by atoms with van der Waals surface area (Å²) in [5.41, 5.74) is 4.17. The van der Waals surface area contributed by atoms with E-state index in [0.29, 0.717) is 13.1 Å². The molecule has 0 amide bonds. The minimum Gasteiger partial charge on any atom is -0.469 e. The molecule has 1 atom stereocenters. The zero-order chi connectivity index (χ0) is 21.5. The fourth-order valence-corrected chi connectivity index (χ4v) is 3.84. The molecule has 1 aromatic heterocycles. The molecule has 0 bridgehead atoms. The lowest BCUT2D eigenvalue weighted by molar-refractivity contribution is -0.142. The average molecular weight is 411 g/mol. The van der Waals surface area contributed by atoms with Crippen LogP contribution in [0.25, 0.3) is 10.9 Å². The molecule has 0 aliphatic heterocycles. The van der Waals surface area contributed by atoms with Crippen molar-refractivity contribution in [3.05, 3.63) is 114 Å². The molecule has 0 saturated carbocycles. The highest BCUT2D eigenvalue weighted by molar-refractivity contribution is 5.78. The molecule has 31 heavy (non-hydrogen) atoms. The Labute approximate surface area is 183 Å². The lowest BCUT2D eigenvalue weighted by atomic mass is 10.0. The largest absolute Gasteiger partial charge is 0.469 e. The molecular weight excluding hydrogens is 384 g/mol. The number of pyridine rings is 1. The molecule has 0 aliphatic carbocycles. The molecule has 1 unspecified atom stereocenters. The number of para-hydroxylation sites is 1. The Morgan fingerprint density at radius 1 is 0.806 bits per heavy atom. The third kappa shape index (κ3) is 5.36. The molecule has 156 valence electrons. The number of fused-ring (bicyclic) bond motifs is 1. The molecule has 0 spiro atoms. The van der Waals surface area contributed by atoms with Gasteiger partial charge in [0, 0.05) is 18.5 Å². The van der Waals surface area contributed by atoms with E-state index in [4.69, 9.17) is 9.72 Å². The molecule has 4 heteroatoms. The van der Waals surface area contributed by atoms with Crippen molar-refractivity contribution in [2.45, 2.75) is 25.6 Å². The van der Waals surface area contributed by atoms with Crippen LogP contribution in [0.2, 0.25) is 0 Å². The lowest BCUT2D eigenvalue weighted by Crippen LogP contribution is -2.31. The smallest absolute Gasteiger partial charge is 0.307 e. The van der Waals surface area contributed by atoms with Crippen LogP contribution in [0.4, 0.5) is 0 Å². The van der Waals surface area contributed by atoms with E-state index in [9.17, 15) is 4.79 Å². The highest BCUT2D eigenvalue weighted by atomic mass is 16.5. The number of esters is 1. The maximum Gasteiger partial charge on any atom is 0.307 e. The van der Waals surface area contributed by atoms with E-state index in [0.717, 1.165) is 16.6 Å². The van der Waals surface area contributed by atoms with Crippen LogP contribution >= 0.6 is 0 Å². The fraction of sp³-hybridized carbons (Fsp3) is 0.185. The van der Waals surface area contributed by atoms with Crippen LogP contribution in [0.5, 0.6) is 0 Å². The van der Waals surface area contributed by atoms with Crippen LogP contribution in [0.3, 0.4) is 0 Å². The van der Waals surface area contributed by atoms with Gasteiger partial charge in [0.25, 0.3) is 0 Å². The van der Waals surface area contributed by atoms with Gasteiger partial charge >= 0.3 is 5.97 Å². The van der Waals surface area contributed by atoms with Gasteiger partial charge in [0.15, 0.2) is 0 Å². The Bertz CT molecular complexity index is 1090. The predicted molar refractivity (Wildman–Crippen MR) is 123 cm³/mol. The van der Waals surface area contributed by atoms with Gasteiger partial charge in [0.05, 0.1) is 30.8 Å². The van der Waals surface area contributed by atoms with Gasteiger partial charge in [-0.05, 0) is 23.3 Å². The number of hydrogen-bond donors (Lipinski definition) is 0. The van der Waals surface area contributed by atoms with E-state index < -0.39 is 0 Å².